The Morgan fingerprint density at radius 1 is 1.50 bits per heavy atom. The first-order valence-electron chi connectivity index (χ1n) is 6.27. The molecular weight excluding hydrogens is 234 g/mol. The van der Waals surface area contributed by atoms with E-state index in [2.05, 4.69) is 10.1 Å². The summed E-state index contributed by atoms with van der Waals surface area (Å²) in [5.74, 6) is -0.184. The first kappa shape index (κ1) is 13.1. The number of nitrogens with one attached hydrogen (secondary N) is 1. The number of carbonyl (C=O) groups is 1. The Kier molecular flexibility index (Phi) is 4.38. The first-order valence-corrected chi connectivity index (χ1v) is 6.27. The summed E-state index contributed by atoms with van der Waals surface area (Å²) in [6, 6.07) is 2.17. The Morgan fingerprint density at radius 2 is 2.22 bits per heavy atom. The Bertz CT molecular complexity index is 393. The normalized spacial score (nSPS) is 23.9. The predicted octanol–water partition coefficient (Wildman–Crippen LogP) is 1.46. The zero-order chi connectivity index (χ0) is 13.0. The average molecular weight is 253 g/mol. The minimum absolute atomic E-state index is 0.150. The summed E-state index contributed by atoms with van der Waals surface area (Å²) in [6.07, 6.45) is 4.95. The zero-order valence-corrected chi connectivity index (χ0v) is 10.5. The predicted molar refractivity (Wildman–Crippen MR) is 65.2 cm³/mol. The highest BCUT2D eigenvalue weighted by Crippen LogP contribution is 2.19. The van der Waals surface area contributed by atoms with Crippen molar-refractivity contribution in [3.05, 3.63) is 23.7 Å². The van der Waals surface area contributed by atoms with Gasteiger partial charge >= 0.3 is 5.97 Å². The van der Waals surface area contributed by atoms with Gasteiger partial charge in [-0.15, -0.1) is 0 Å². The molecule has 5 heteroatoms. The molecule has 2 rings (SSSR count). The third-order valence-electron chi connectivity index (χ3n) is 3.40. The Balaban J connectivity index is 1.87. The van der Waals surface area contributed by atoms with Gasteiger partial charge in [0.1, 0.15) is 0 Å². The summed E-state index contributed by atoms with van der Waals surface area (Å²) in [6.45, 7) is 0.585. The number of methoxy groups -OCH3 is 1. The van der Waals surface area contributed by atoms with Crippen LogP contribution in [0.3, 0.4) is 0 Å². The molecule has 1 heterocycles. The van der Waals surface area contributed by atoms with Gasteiger partial charge in [0.25, 0.3) is 0 Å². The summed E-state index contributed by atoms with van der Waals surface area (Å²) >= 11 is 0. The lowest BCUT2D eigenvalue weighted by Crippen LogP contribution is -2.34. The number of furan rings is 1. The smallest absolute Gasteiger partial charge is 0.374 e. The maximum Gasteiger partial charge on any atom is 0.374 e. The molecule has 0 radical (unpaired) electrons. The molecule has 0 amide bonds. The quantitative estimate of drug-likeness (QED) is 0.795. The lowest BCUT2D eigenvalue weighted by Gasteiger charge is -2.26. The van der Waals surface area contributed by atoms with Crippen molar-refractivity contribution < 1.29 is 19.1 Å². The van der Waals surface area contributed by atoms with E-state index in [0.29, 0.717) is 12.6 Å². The molecule has 1 saturated carbocycles. The van der Waals surface area contributed by atoms with E-state index in [-0.39, 0.29) is 11.9 Å². The molecule has 1 aliphatic rings. The molecule has 2 N–H and O–H groups in total. The van der Waals surface area contributed by atoms with Crippen molar-refractivity contribution in [2.75, 3.05) is 7.11 Å². The molecule has 100 valence electrons. The summed E-state index contributed by atoms with van der Waals surface area (Å²) in [5.41, 5.74) is 0.813. The Hall–Kier alpha value is -1.33. The van der Waals surface area contributed by atoms with Crippen molar-refractivity contribution in [3.8, 4) is 0 Å². The van der Waals surface area contributed by atoms with Gasteiger partial charge in [-0.05, 0) is 31.7 Å². The summed E-state index contributed by atoms with van der Waals surface area (Å²) < 4.78 is 9.77. The molecule has 0 spiro atoms. The molecule has 1 aliphatic carbocycles. The molecule has 0 atom stereocenters. The summed E-state index contributed by atoms with van der Waals surface area (Å²) in [5, 5.41) is 12.8. The third kappa shape index (κ3) is 3.11. The maximum atomic E-state index is 11.4. The highest BCUT2D eigenvalue weighted by atomic mass is 16.5. The van der Waals surface area contributed by atoms with Gasteiger partial charge in [0.05, 0.1) is 19.5 Å². The SMILES string of the molecule is COC(=O)c1occc1CNC1CCC(O)CC1. The van der Waals surface area contributed by atoms with E-state index in [1.54, 1.807) is 6.07 Å². The largest absolute Gasteiger partial charge is 0.463 e. The van der Waals surface area contributed by atoms with Crippen LogP contribution in [0.5, 0.6) is 0 Å². The fourth-order valence-corrected chi connectivity index (χ4v) is 2.28. The van der Waals surface area contributed by atoms with Gasteiger partial charge in [0, 0.05) is 18.2 Å². The van der Waals surface area contributed by atoms with Crippen LogP contribution in [0.4, 0.5) is 0 Å². The topological polar surface area (TPSA) is 71.7 Å². The average Bonchev–Trinajstić information content (AvgIpc) is 2.85. The van der Waals surface area contributed by atoms with Crippen molar-refractivity contribution in [1.29, 1.82) is 0 Å². The van der Waals surface area contributed by atoms with Gasteiger partial charge in [-0.1, -0.05) is 0 Å². The van der Waals surface area contributed by atoms with Crippen LogP contribution in [0.25, 0.3) is 0 Å². The van der Waals surface area contributed by atoms with Gasteiger partial charge in [0.2, 0.25) is 5.76 Å². The molecule has 0 saturated heterocycles. The lowest BCUT2D eigenvalue weighted by atomic mass is 9.93. The van der Waals surface area contributed by atoms with E-state index < -0.39 is 5.97 Å². The minimum atomic E-state index is -0.448. The molecule has 0 unspecified atom stereocenters. The van der Waals surface area contributed by atoms with E-state index in [4.69, 9.17) is 4.42 Å². The van der Waals surface area contributed by atoms with Crippen molar-refractivity contribution >= 4 is 5.97 Å². The number of hydrogen-bond acceptors (Lipinski definition) is 5. The van der Waals surface area contributed by atoms with Crippen LogP contribution >= 0.6 is 0 Å². The van der Waals surface area contributed by atoms with E-state index in [0.717, 1.165) is 31.2 Å². The first-order chi connectivity index (χ1) is 8.70. The van der Waals surface area contributed by atoms with Crippen molar-refractivity contribution in [2.24, 2.45) is 0 Å². The van der Waals surface area contributed by atoms with E-state index in [1.165, 1.54) is 13.4 Å². The molecule has 0 aliphatic heterocycles. The van der Waals surface area contributed by atoms with Crippen LogP contribution in [0.2, 0.25) is 0 Å². The molecule has 5 nitrogen and oxygen atoms in total. The second-order valence-corrected chi connectivity index (χ2v) is 4.65. The number of aliphatic hydroxyl groups excluding tert-OH is 1. The Labute approximate surface area is 106 Å². The number of rotatable bonds is 4. The van der Waals surface area contributed by atoms with Crippen molar-refractivity contribution in [2.45, 2.75) is 44.4 Å². The number of aliphatic hydroxyl groups is 1. The fourth-order valence-electron chi connectivity index (χ4n) is 2.28. The lowest BCUT2D eigenvalue weighted by molar-refractivity contribution is 0.0563. The molecular formula is C13H19NO4. The second kappa shape index (κ2) is 6.02. The van der Waals surface area contributed by atoms with Crippen LogP contribution in [0, 0.1) is 0 Å². The van der Waals surface area contributed by atoms with Crippen LogP contribution in [-0.2, 0) is 11.3 Å². The fraction of sp³-hybridized carbons (Fsp3) is 0.615. The highest BCUT2D eigenvalue weighted by molar-refractivity contribution is 5.87. The van der Waals surface area contributed by atoms with Crippen molar-refractivity contribution in [3.63, 3.8) is 0 Å². The maximum absolute atomic E-state index is 11.4. The van der Waals surface area contributed by atoms with Crippen LogP contribution in [0.15, 0.2) is 16.7 Å². The number of hydrogen-bond donors (Lipinski definition) is 2. The number of carbonyl (C=O) groups excluding carboxylic acids is 1. The molecule has 1 aromatic heterocycles. The number of ether oxygens (including phenoxy) is 1. The highest BCUT2D eigenvalue weighted by Gasteiger charge is 2.20. The summed E-state index contributed by atoms with van der Waals surface area (Å²) in [7, 11) is 1.34. The standard InChI is InChI=1S/C13H19NO4/c1-17-13(16)12-9(6-7-18-12)8-14-10-2-4-11(15)5-3-10/h6-7,10-11,14-15H,2-5,8H2,1H3. The molecule has 0 bridgehead atoms. The zero-order valence-electron chi connectivity index (χ0n) is 10.5. The molecule has 18 heavy (non-hydrogen) atoms. The molecule has 1 fully saturated rings. The summed E-state index contributed by atoms with van der Waals surface area (Å²) in [4.78, 5) is 11.4. The number of esters is 1. The minimum Gasteiger partial charge on any atom is -0.463 e. The van der Waals surface area contributed by atoms with E-state index in [9.17, 15) is 9.90 Å². The van der Waals surface area contributed by atoms with Crippen LogP contribution in [-0.4, -0.2) is 30.3 Å². The van der Waals surface area contributed by atoms with Crippen LogP contribution < -0.4 is 5.32 Å². The van der Waals surface area contributed by atoms with Gasteiger partial charge in [-0.2, -0.15) is 0 Å². The molecule has 1 aromatic rings. The second-order valence-electron chi connectivity index (χ2n) is 4.65. The monoisotopic (exact) mass is 253 g/mol. The van der Waals surface area contributed by atoms with Gasteiger partial charge in [-0.3, -0.25) is 0 Å². The van der Waals surface area contributed by atoms with E-state index in [1.807, 2.05) is 0 Å². The third-order valence-corrected chi connectivity index (χ3v) is 3.40. The van der Waals surface area contributed by atoms with Crippen LogP contribution in [0.1, 0.15) is 41.8 Å². The van der Waals surface area contributed by atoms with Gasteiger partial charge < -0.3 is 19.6 Å². The van der Waals surface area contributed by atoms with Gasteiger partial charge in [0.15, 0.2) is 0 Å². The Morgan fingerprint density at radius 3 is 2.89 bits per heavy atom. The van der Waals surface area contributed by atoms with E-state index >= 15 is 0 Å². The van der Waals surface area contributed by atoms with Gasteiger partial charge in [-0.25, -0.2) is 4.79 Å². The van der Waals surface area contributed by atoms with Crippen molar-refractivity contribution in [1.82, 2.24) is 5.32 Å². The molecule has 0 aromatic carbocycles.